The van der Waals surface area contributed by atoms with E-state index in [-0.39, 0.29) is 11.9 Å². The Kier molecular flexibility index (Phi) is 4.74. The first-order chi connectivity index (χ1) is 9.22. The van der Waals surface area contributed by atoms with Gasteiger partial charge in [-0.15, -0.1) is 0 Å². The fraction of sp³-hybridized carbons (Fsp3) is 0.375. The highest BCUT2D eigenvalue weighted by molar-refractivity contribution is 5.29. The second-order valence-electron chi connectivity index (χ2n) is 4.82. The van der Waals surface area contributed by atoms with Gasteiger partial charge < -0.3 is 9.73 Å². The van der Waals surface area contributed by atoms with Crippen LogP contribution in [0.4, 0.5) is 4.39 Å². The zero-order chi connectivity index (χ0) is 13.7. The number of halogens is 1. The monoisotopic (exact) mass is 261 g/mol. The number of hydrogen-bond acceptors (Lipinski definition) is 2. The lowest BCUT2D eigenvalue weighted by molar-refractivity contribution is 0.491. The zero-order valence-corrected chi connectivity index (χ0v) is 11.4. The maximum atomic E-state index is 14.2. The number of hydrogen-bond donors (Lipinski definition) is 1. The Bertz CT molecular complexity index is 507. The largest absolute Gasteiger partial charge is 0.472 e. The van der Waals surface area contributed by atoms with Crippen LogP contribution in [0, 0.1) is 12.7 Å². The van der Waals surface area contributed by atoms with Crippen molar-refractivity contribution in [2.75, 3.05) is 6.54 Å². The predicted octanol–water partition coefficient (Wildman–Crippen LogP) is 4.01. The third-order valence-corrected chi connectivity index (χ3v) is 3.26. The van der Waals surface area contributed by atoms with Crippen LogP contribution in [0.15, 0.2) is 41.2 Å². The summed E-state index contributed by atoms with van der Waals surface area (Å²) >= 11 is 0. The molecule has 0 aliphatic heterocycles. The SMILES string of the molecule is CCCNC(Cc1ccoc1)c1cccc(C)c1F. The summed E-state index contributed by atoms with van der Waals surface area (Å²) in [6.45, 7) is 4.78. The van der Waals surface area contributed by atoms with E-state index in [0.717, 1.165) is 30.5 Å². The Morgan fingerprint density at radius 2 is 2.16 bits per heavy atom. The maximum Gasteiger partial charge on any atom is 0.130 e. The molecule has 2 nitrogen and oxygen atoms in total. The second kappa shape index (κ2) is 6.53. The quantitative estimate of drug-likeness (QED) is 0.850. The van der Waals surface area contributed by atoms with Gasteiger partial charge in [0.15, 0.2) is 0 Å². The fourth-order valence-electron chi connectivity index (χ4n) is 2.19. The van der Waals surface area contributed by atoms with Gasteiger partial charge in [0, 0.05) is 11.6 Å². The van der Waals surface area contributed by atoms with E-state index in [1.165, 1.54) is 0 Å². The Morgan fingerprint density at radius 3 is 2.84 bits per heavy atom. The first kappa shape index (κ1) is 13.8. The molecule has 0 saturated carbocycles. The van der Waals surface area contributed by atoms with Crippen LogP contribution >= 0.6 is 0 Å². The van der Waals surface area contributed by atoms with Crippen LogP contribution < -0.4 is 5.32 Å². The summed E-state index contributed by atoms with van der Waals surface area (Å²) in [5.41, 5.74) is 2.50. The molecule has 1 N–H and O–H groups in total. The van der Waals surface area contributed by atoms with Crippen LogP contribution in [0.1, 0.15) is 36.1 Å². The Morgan fingerprint density at radius 1 is 1.32 bits per heavy atom. The lowest BCUT2D eigenvalue weighted by Gasteiger charge is -2.19. The van der Waals surface area contributed by atoms with E-state index in [1.807, 2.05) is 18.2 Å². The number of benzene rings is 1. The molecule has 0 amide bonds. The van der Waals surface area contributed by atoms with E-state index in [4.69, 9.17) is 4.42 Å². The standard InChI is InChI=1S/C16H20FNO/c1-3-8-18-15(10-13-7-9-19-11-13)14-6-4-5-12(2)16(14)17/h4-7,9,11,15,18H,3,8,10H2,1-2H3. The highest BCUT2D eigenvalue weighted by Crippen LogP contribution is 2.23. The summed E-state index contributed by atoms with van der Waals surface area (Å²) in [5, 5.41) is 3.41. The van der Waals surface area contributed by atoms with E-state index in [2.05, 4.69) is 12.2 Å². The number of furan rings is 1. The predicted molar refractivity (Wildman–Crippen MR) is 74.6 cm³/mol. The molecule has 3 heteroatoms. The highest BCUT2D eigenvalue weighted by atomic mass is 19.1. The van der Waals surface area contributed by atoms with E-state index in [1.54, 1.807) is 25.5 Å². The molecule has 0 bridgehead atoms. The van der Waals surface area contributed by atoms with Crippen LogP contribution in [-0.4, -0.2) is 6.54 Å². The van der Waals surface area contributed by atoms with Crippen LogP contribution in [-0.2, 0) is 6.42 Å². The molecule has 0 aliphatic carbocycles. The van der Waals surface area contributed by atoms with Crippen molar-refractivity contribution in [2.24, 2.45) is 0 Å². The molecule has 0 spiro atoms. The van der Waals surface area contributed by atoms with Crippen molar-refractivity contribution in [3.05, 3.63) is 59.3 Å². The molecule has 1 heterocycles. The van der Waals surface area contributed by atoms with Gasteiger partial charge in [-0.3, -0.25) is 0 Å². The van der Waals surface area contributed by atoms with Crippen molar-refractivity contribution in [1.29, 1.82) is 0 Å². The molecular formula is C16H20FNO. The molecular weight excluding hydrogens is 241 g/mol. The van der Waals surface area contributed by atoms with Crippen molar-refractivity contribution in [1.82, 2.24) is 5.32 Å². The number of aryl methyl sites for hydroxylation is 1. The van der Waals surface area contributed by atoms with Crippen molar-refractivity contribution >= 4 is 0 Å². The van der Waals surface area contributed by atoms with Crippen molar-refractivity contribution in [2.45, 2.75) is 32.7 Å². The summed E-state index contributed by atoms with van der Waals surface area (Å²) in [4.78, 5) is 0. The lowest BCUT2D eigenvalue weighted by atomic mass is 9.98. The van der Waals surface area contributed by atoms with Gasteiger partial charge in [-0.2, -0.15) is 0 Å². The van der Waals surface area contributed by atoms with Crippen LogP contribution in [0.25, 0.3) is 0 Å². The van der Waals surface area contributed by atoms with Crippen LogP contribution in [0.5, 0.6) is 0 Å². The smallest absolute Gasteiger partial charge is 0.130 e. The molecule has 1 aromatic carbocycles. The van der Waals surface area contributed by atoms with Gasteiger partial charge in [0.25, 0.3) is 0 Å². The van der Waals surface area contributed by atoms with Crippen LogP contribution in [0.3, 0.4) is 0 Å². The summed E-state index contributed by atoms with van der Waals surface area (Å²) in [5.74, 6) is -0.111. The van der Waals surface area contributed by atoms with E-state index in [0.29, 0.717) is 5.56 Å². The molecule has 0 aliphatic rings. The zero-order valence-electron chi connectivity index (χ0n) is 11.4. The number of rotatable bonds is 6. The van der Waals surface area contributed by atoms with Crippen molar-refractivity contribution in [3.63, 3.8) is 0 Å². The summed E-state index contributed by atoms with van der Waals surface area (Å²) in [6.07, 6.45) is 5.12. The molecule has 0 saturated heterocycles. The normalized spacial score (nSPS) is 12.6. The molecule has 1 aromatic heterocycles. The third kappa shape index (κ3) is 3.44. The van der Waals surface area contributed by atoms with Gasteiger partial charge in [0.1, 0.15) is 5.82 Å². The molecule has 0 fully saturated rings. The van der Waals surface area contributed by atoms with E-state index < -0.39 is 0 Å². The molecule has 0 radical (unpaired) electrons. The van der Waals surface area contributed by atoms with E-state index in [9.17, 15) is 4.39 Å². The Hall–Kier alpha value is -1.61. The maximum absolute atomic E-state index is 14.2. The minimum atomic E-state index is -0.111. The molecule has 2 aromatic rings. The van der Waals surface area contributed by atoms with Gasteiger partial charge in [0.2, 0.25) is 0 Å². The van der Waals surface area contributed by atoms with Crippen molar-refractivity contribution in [3.8, 4) is 0 Å². The first-order valence-corrected chi connectivity index (χ1v) is 6.71. The van der Waals surface area contributed by atoms with Crippen LogP contribution in [0.2, 0.25) is 0 Å². The molecule has 2 rings (SSSR count). The summed E-state index contributed by atoms with van der Waals surface area (Å²) in [7, 11) is 0. The Labute approximate surface area is 113 Å². The minimum Gasteiger partial charge on any atom is -0.472 e. The van der Waals surface area contributed by atoms with Gasteiger partial charge in [-0.05, 0) is 43.5 Å². The first-order valence-electron chi connectivity index (χ1n) is 6.71. The molecule has 1 unspecified atom stereocenters. The summed E-state index contributed by atoms with van der Waals surface area (Å²) in [6, 6.07) is 7.47. The summed E-state index contributed by atoms with van der Waals surface area (Å²) < 4.78 is 19.3. The lowest BCUT2D eigenvalue weighted by Crippen LogP contribution is -2.25. The topological polar surface area (TPSA) is 25.2 Å². The third-order valence-electron chi connectivity index (χ3n) is 3.26. The second-order valence-corrected chi connectivity index (χ2v) is 4.82. The number of nitrogens with one attached hydrogen (secondary N) is 1. The molecule has 102 valence electrons. The average molecular weight is 261 g/mol. The minimum absolute atomic E-state index is 0.0163. The molecule has 1 atom stereocenters. The Balaban J connectivity index is 2.23. The van der Waals surface area contributed by atoms with Gasteiger partial charge in [-0.1, -0.05) is 25.1 Å². The average Bonchev–Trinajstić information content (AvgIpc) is 2.91. The van der Waals surface area contributed by atoms with E-state index >= 15 is 0 Å². The van der Waals surface area contributed by atoms with Gasteiger partial charge in [0.05, 0.1) is 12.5 Å². The van der Waals surface area contributed by atoms with Gasteiger partial charge >= 0.3 is 0 Å². The highest BCUT2D eigenvalue weighted by Gasteiger charge is 2.17. The fourth-order valence-corrected chi connectivity index (χ4v) is 2.19. The van der Waals surface area contributed by atoms with Crippen molar-refractivity contribution < 1.29 is 8.81 Å². The van der Waals surface area contributed by atoms with Gasteiger partial charge in [-0.25, -0.2) is 4.39 Å². The molecule has 19 heavy (non-hydrogen) atoms.